The molecule has 1 aromatic carbocycles. The van der Waals surface area contributed by atoms with Crippen LogP contribution >= 0.6 is 34.3 Å². The molecular weight excluding hydrogens is 338 g/mol. The third kappa shape index (κ3) is 2.29. The Balaban J connectivity index is 1.55. The lowest BCUT2D eigenvalue weighted by Gasteiger charge is -2.01. The quantitative estimate of drug-likeness (QED) is 0.604. The predicted octanol–water partition coefficient (Wildman–Crippen LogP) is 4.19. The third-order valence-electron chi connectivity index (χ3n) is 3.31. The summed E-state index contributed by atoms with van der Waals surface area (Å²) >= 11 is 9.28. The number of fused-ring (bicyclic) bond motifs is 2. The summed E-state index contributed by atoms with van der Waals surface area (Å²) in [6.45, 7) is 0.387. The zero-order valence-electron chi connectivity index (χ0n) is 11.2. The lowest BCUT2D eigenvalue weighted by atomic mass is 10.2. The predicted molar refractivity (Wildman–Crippen MR) is 91.1 cm³/mol. The van der Waals surface area contributed by atoms with Crippen molar-refractivity contribution in [1.82, 2.24) is 14.7 Å². The van der Waals surface area contributed by atoms with Crippen molar-refractivity contribution < 1.29 is 4.79 Å². The molecule has 7 heteroatoms. The fourth-order valence-corrected chi connectivity index (χ4v) is 4.42. The molecule has 0 aliphatic rings. The largest absolute Gasteiger partial charge is 0.346 e. The average molecular weight is 348 g/mol. The van der Waals surface area contributed by atoms with Gasteiger partial charge < -0.3 is 5.32 Å². The van der Waals surface area contributed by atoms with Crippen LogP contribution in [0, 0.1) is 0 Å². The van der Waals surface area contributed by atoms with Gasteiger partial charge in [0.2, 0.25) is 0 Å². The standard InChI is InChI=1S/C15H10ClN3OS2/c16-12-10-3-1-2-4-11(10)22-13(12)14(20)17-7-9-8-19-5-6-21-15(19)18-9/h1-6,8H,7H2,(H,17,20). The summed E-state index contributed by atoms with van der Waals surface area (Å²) in [4.78, 5) is 18.3. The molecule has 4 rings (SSSR count). The number of nitrogens with zero attached hydrogens (tertiary/aromatic N) is 2. The number of rotatable bonds is 3. The monoisotopic (exact) mass is 347 g/mol. The average Bonchev–Trinajstić information content (AvgIpc) is 3.19. The van der Waals surface area contributed by atoms with Gasteiger partial charge >= 0.3 is 0 Å². The minimum absolute atomic E-state index is 0.164. The van der Waals surface area contributed by atoms with E-state index in [9.17, 15) is 4.79 Å². The van der Waals surface area contributed by atoms with Crippen LogP contribution < -0.4 is 5.32 Å². The molecule has 4 aromatic rings. The second-order valence-corrected chi connectivity index (χ2v) is 7.05. The van der Waals surface area contributed by atoms with Crippen LogP contribution in [0.3, 0.4) is 0 Å². The first-order chi connectivity index (χ1) is 10.7. The molecule has 110 valence electrons. The highest BCUT2D eigenvalue weighted by Gasteiger charge is 2.17. The molecule has 1 amide bonds. The number of hydrogen-bond acceptors (Lipinski definition) is 4. The van der Waals surface area contributed by atoms with Crippen LogP contribution in [-0.4, -0.2) is 15.3 Å². The van der Waals surface area contributed by atoms with Crippen LogP contribution in [-0.2, 0) is 6.54 Å². The Labute approximate surface area is 139 Å². The Hall–Kier alpha value is -1.89. The van der Waals surface area contributed by atoms with E-state index in [4.69, 9.17) is 11.6 Å². The van der Waals surface area contributed by atoms with Gasteiger partial charge in [-0.1, -0.05) is 29.8 Å². The van der Waals surface area contributed by atoms with Crippen molar-refractivity contribution in [3.63, 3.8) is 0 Å². The summed E-state index contributed by atoms with van der Waals surface area (Å²) in [5, 5.41) is 6.29. The van der Waals surface area contributed by atoms with E-state index >= 15 is 0 Å². The number of imidazole rings is 1. The zero-order valence-corrected chi connectivity index (χ0v) is 13.6. The lowest BCUT2D eigenvalue weighted by molar-refractivity contribution is 0.0954. The van der Waals surface area contributed by atoms with Crippen molar-refractivity contribution in [3.05, 3.63) is 57.6 Å². The van der Waals surface area contributed by atoms with Crippen molar-refractivity contribution in [2.45, 2.75) is 6.54 Å². The van der Waals surface area contributed by atoms with Crippen LogP contribution in [0.25, 0.3) is 15.0 Å². The Morgan fingerprint density at radius 2 is 2.23 bits per heavy atom. The highest BCUT2D eigenvalue weighted by Crippen LogP contribution is 2.34. The molecule has 0 spiro atoms. The maximum absolute atomic E-state index is 12.3. The molecule has 0 bridgehead atoms. The van der Waals surface area contributed by atoms with Crippen LogP contribution in [0.2, 0.25) is 5.02 Å². The van der Waals surface area contributed by atoms with Crippen molar-refractivity contribution >= 4 is 55.2 Å². The van der Waals surface area contributed by atoms with Gasteiger partial charge in [-0.25, -0.2) is 4.98 Å². The SMILES string of the molecule is O=C(NCc1cn2ccsc2n1)c1sc2ccccc2c1Cl. The molecule has 3 heterocycles. The minimum atomic E-state index is -0.164. The van der Waals surface area contributed by atoms with Gasteiger partial charge in [0.15, 0.2) is 4.96 Å². The van der Waals surface area contributed by atoms with Gasteiger partial charge in [-0.2, -0.15) is 0 Å². The van der Waals surface area contributed by atoms with E-state index in [1.807, 2.05) is 46.4 Å². The molecule has 4 nitrogen and oxygen atoms in total. The number of nitrogens with one attached hydrogen (secondary N) is 1. The first-order valence-electron chi connectivity index (χ1n) is 6.58. The van der Waals surface area contributed by atoms with Crippen LogP contribution in [0.4, 0.5) is 0 Å². The van der Waals surface area contributed by atoms with Crippen LogP contribution in [0.5, 0.6) is 0 Å². The van der Waals surface area contributed by atoms with Crippen molar-refractivity contribution in [2.24, 2.45) is 0 Å². The molecule has 0 saturated heterocycles. The van der Waals surface area contributed by atoms with E-state index < -0.39 is 0 Å². The maximum atomic E-state index is 12.3. The number of aromatic nitrogens is 2. The topological polar surface area (TPSA) is 46.4 Å². The van der Waals surface area contributed by atoms with Gasteiger partial charge in [0.1, 0.15) is 4.88 Å². The number of carbonyl (C=O) groups excluding carboxylic acids is 1. The number of hydrogen-bond donors (Lipinski definition) is 1. The molecule has 0 aliphatic carbocycles. The number of benzene rings is 1. The molecule has 0 aliphatic heterocycles. The molecule has 0 fully saturated rings. The molecule has 0 unspecified atom stereocenters. The van der Waals surface area contributed by atoms with Gasteiger partial charge in [0.05, 0.1) is 17.3 Å². The fraction of sp³-hybridized carbons (Fsp3) is 0.0667. The fourth-order valence-electron chi connectivity index (χ4n) is 2.27. The second-order valence-electron chi connectivity index (χ2n) is 4.75. The summed E-state index contributed by atoms with van der Waals surface area (Å²) in [6.07, 6.45) is 3.86. The van der Waals surface area contributed by atoms with Crippen LogP contribution in [0.1, 0.15) is 15.4 Å². The lowest BCUT2D eigenvalue weighted by Crippen LogP contribution is -2.22. The Bertz CT molecular complexity index is 957. The number of thiazole rings is 1. The van der Waals surface area contributed by atoms with Crippen LogP contribution in [0.15, 0.2) is 42.0 Å². The molecule has 22 heavy (non-hydrogen) atoms. The third-order valence-corrected chi connectivity index (χ3v) is 5.76. The minimum Gasteiger partial charge on any atom is -0.346 e. The highest BCUT2D eigenvalue weighted by atomic mass is 35.5. The Morgan fingerprint density at radius 1 is 1.36 bits per heavy atom. The molecule has 1 N–H and O–H groups in total. The number of thiophene rings is 1. The van der Waals surface area contributed by atoms with Gasteiger partial charge in [0, 0.05) is 27.9 Å². The molecule has 0 saturated carbocycles. The van der Waals surface area contributed by atoms with Gasteiger partial charge in [-0.15, -0.1) is 22.7 Å². The summed E-state index contributed by atoms with van der Waals surface area (Å²) in [5.74, 6) is -0.164. The van der Waals surface area contributed by atoms with E-state index in [1.165, 1.54) is 11.3 Å². The number of carbonyl (C=O) groups is 1. The summed E-state index contributed by atoms with van der Waals surface area (Å²) < 4.78 is 2.96. The number of amides is 1. The molecule has 0 atom stereocenters. The normalized spacial score (nSPS) is 11.3. The van der Waals surface area contributed by atoms with E-state index in [-0.39, 0.29) is 5.91 Å². The van der Waals surface area contributed by atoms with Crippen molar-refractivity contribution in [2.75, 3.05) is 0 Å². The van der Waals surface area contributed by atoms with E-state index in [0.29, 0.717) is 16.4 Å². The summed E-state index contributed by atoms with van der Waals surface area (Å²) in [5.41, 5.74) is 0.831. The smallest absolute Gasteiger partial charge is 0.263 e. The zero-order chi connectivity index (χ0) is 15.1. The van der Waals surface area contributed by atoms with Gasteiger partial charge in [-0.3, -0.25) is 9.20 Å². The first kappa shape index (κ1) is 13.8. The van der Waals surface area contributed by atoms with E-state index in [1.54, 1.807) is 11.3 Å². The molecule has 0 radical (unpaired) electrons. The van der Waals surface area contributed by atoms with Crippen molar-refractivity contribution in [1.29, 1.82) is 0 Å². The second kappa shape index (κ2) is 5.39. The maximum Gasteiger partial charge on any atom is 0.263 e. The summed E-state index contributed by atoms with van der Waals surface area (Å²) in [7, 11) is 0. The Morgan fingerprint density at radius 3 is 3.05 bits per heavy atom. The first-order valence-corrected chi connectivity index (χ1v) is 8.66. The summed E-state index contributed by atoms with van der Waals surface area (Å²) in [6, 6.07) is 7.75. The van der Waals surface area contributed by atoms with E-state index in [0.717, 1.165) is 20.7 Å². The van der Waals surface area contributed by atoms with Gasteiger partial charge in [-0.05, 0) is 6.07 Å². The highest BCUT2D eigenvalue weighted by molar-refractivity contribution is 7.21. The Kier molecular flexibility index (Phi) is 3.37. The van der Waals surface area contributed by atoms with Gasteiger partial charge in [0.25, 0.3) is 5.91 Å². The number of halogens is 1. The molecular formula is C15H10ClN3OS2. The van der Waals surface area contributed by atoms with E-state index in [2.05, 4.69) is 10.3 Å². The van der Waals surface area contributed by atoms with Crippen molar-refractivity contribution in [3.8, 4) is 0 Å². The molecule has 3 aromatic heterocycles.